The molecule has 5 rings (SSSR count). The number of nitrogens with zero attached hydrogens (tertiary/aromatic N) is 7. The molecule has 48 heavy (non-hydrogen) atoms. The van der Waals surface area contributed by atoms with Crippen LogP contribution in [0.5, 0.6) is 0 Å². The van der Waals surface area contributed by atoms with Gasteiger partial charge in [0.25, 0.3) is 0 Å². The van der Waals surface area contributed by atoms with Crippen LogP contribution in [0, 0.1) is 0 Å². The van der Waals surface area contributed by atoms with Crippen molar-refractivity contribution in [3.63, 3.8) is 0 Å². The minimum absolute atomic E-state index is 0.0854. The Hall–Kier alpha value is -4.99. The summed E-state index contributed by atoms with van der Waals surface area (Å²) < 4.78 is 12.4. The smallest absolute Gasteiger partial charge is 0.429 e. The Bertz CT molecular complexity index is 1840. The minimum Gasteiger partial charge on any atom is -0.429 e. The predicted octanol–water partition coefficient (Wildman–Crippen LogP) is 6.44. The summed E-state index contributed by atoms with van der Waals surface area (Å²) in [6.07, 6.45) is 1.58. The summed E-state index contributed by atoms with van der Waals surface area (Å²) >= 11 is 6.25. The third kappa shape index (κ3) is 8.67. The maximum atomic E-state index is 12.4. The van der Waals surface area contributed by atoms with Gasteiger partial charge in [0.05, 0.1) is 12.0 Å². The topological polar surface area (TPSA) is 167 Å². The van der Waals surface area contributed by atoms with Gasteiger partial charge in [-0.05, 0) is 46.4 Å². The van der Waals surface area contributed by atoms with Gasteiger partial charge >= 0.3 is 6.16 Å². The molecule has 1 unspecified atom stereocenters. The van der Waals surface area contributed by atoms with E-state index < -0.39 is 12.4 Å². The fraction of sp³-hybridized carbons (Fsp3) is 0.273. The molecule has 0 saturated carbocycles. The molecule has 2 aromatic heterocycles. The number of hydrogen-bond donors (Lipinski definition) is 2. The summed E-state index contributed by atoms with van der Waals surface area (Å²) in [4.78, 5) is 34.3. The molecule has 5 aromatic rings. The van der Waals surface area contributed by atoms with Crippen molar-refractivity contribution in [2.75, 3.05) is 0 Å². The van der Waals surface area contributed by atoms with Crippen LogP contribution in [0.1, 0.15) is 65.9 Å². The van der Waals surface area contributed by atoms with Gasteiger partial charge in [0, 0.05) is 18.5 Å². The number of hydrogen-bond acceptors (Lipinski definition) is 12. The molecule has 250 valence electrons. The number of benzene rings is 3. The van der Waals surface area contributed by atoms with Crippen LogP contribution in [-0.4, -0.2) is 58.0 Å². The van der Waals surface area contributed by atoms with Crippen LogP contribution in [0.25, 0.3) is 22.5 Å². The number of tetrazole rings is 1. The Labute approximate surface area is 280 Å². The number of unbranched alkanes of at least 4 members (excludes halogenated alkanes) is 1. The number of aryl methyl sites for hydroxylation is 1. The Morgan fingerprint density at radius 2 is 1.73 bits per heavy atom. The van der Waals surface area contributed by atoms with Crippen molar-refractivity contribution < 1.29 is 34.3 Å². The molecular weight excluding hydrogens is 642 g/mol. The van der Waals surface area contributed by atoms with E-state index in [1.54, 1.807) is 31.2 Å². The van der Waals surface area contributed by atoms with Gasteiger partial charge in [-0.1, -0.05) is 97.7 Å². The van der Waals surface area contributed by atoms with Gasteiger partial charge in [-0.15, -0.1) is 15.0 Å². The number of ether oxygens (including phenoxy) is 2. The van der Waals surface area contributed by atoms with E-state index in [0.717, 1.165) is 53.6 Å². The SMILES string of the molecule is CCCCc1nc(Cl)c(C=O)n1Cc1ccc(-c2ccccc2-c2nnn(C(C)OC(=O)OCc3cccc(CON(O)O)c3)n2)cc1. The number of aromatic nitrogens is 6. The highest BCUT2D eigenvalue weighted by Crippen LogP contribution is 2.30. The van der Waals surface area contributed by atoms with Crippen LogP contribution in [0.2, 0.25) is 5.15 Å². The van der Waals surface area contributed by atoms with Crippen LogP contribution < -0.4 is 0 Å². The minimum atomic E-state index is -0.934. The van der Waals surface area contributed by atoms with Crippen LogP contribution in [0.15, 0.2) is 72.8 Å². The average Bonchev–Trinajstić information content (AvgIpc) is 3.70. The van der Waals surface area contributed by atoms with E-state index in [4.69, 9.17) is 31.5 Å². The van der Waals surface area contributed by atoms with Crippen molar-refractivity contribution in [2.45, 2.75) is 59.1 Å². The lowest BCUT2D eigenvalue weighted by Gasteiger charge is -2.12. The van der Waals surface area contributed by atoms with E-state index >= 15 is 0 Å². The summed E-state index contributed by atoms with van der Waals surface area (Å²) in [7, 11) is 0. The molecule has 0 saturated heterocycles. The van der Waals surface area contributed by atoms with Crippen molar-refractivity contribution in [1.29, 1.82) is 0 Å². The average molecular weight is 676 g/mol. The molecule has 0 radical (unpaired) electrons. The highest BCUT2D eigenvalue weighted by atomic mass is 35.5. The molecule has 14 nitrogen and oxygen atoms in total. The lowest BCUT2D eigenvalue weighted by atomic mass is 9.98. The van der Waals surface area contributed by atoms with E-state index in [1.165, 1.54) is 4.80 Å². The number of imidazole rings is 1. The molecule has 0 bridgehead atoms. The Kier molecular flexibility index (Phi) is 11.6. The monoisotopic (exact) mass is 675 g/mol. The molecule has 1 atom stereocenters. The van der Waals surface area contributed by atoms with Crippen LogP contribution >= 0.6 is 11.6 Å². The fourth-order valence-corrected chi connectivity index (χ4v) is 5.23. The summed E-state index contributed by atoms with van der Waals surface area (Å²) in [6.45, 7) is 3.96. The highest BCUT2D eigenvalue weighted by Gasteiger charge is 2.19. The first-order valence-corrected chi connectivity index (χ1v) is 15.5. The second-order valence-electron chi connectivity index (χ2n) is 10.8. The molecule has 0 aliphatic rings. The zero-order valence-corrected chi connectivity index (χ0v) is 27.0. The van der Waals surface area contributed by atoms with Gasteiger partial charge in [0.2, 0.25) is 12.1 Å². The van der Waals surface area contributed by atoms with Gasteiger partial charge < -0.3 is 14.0 Å². The maximum Gasteiger partial charge on any atom is 0.510 e. The fourth-order valence-electron chi connectivity index (χ4n) is 4.99. The maximum absolute atomic E-state index is 12.4. The van der Waals surface area contributed by atoms with Gasteiger partial charge in [0.1, 0.15) is 18.1 Å². The number of aldehydes is 1. The third-order valence-electron chi connectivity index (χ3n) is 7.40. The van der Waals surface area contributed by atoms with Crippen molar-refractivity contribution >= 4 is 24.0 Å². The molecular formula is C33H34ClN7O7. The molecule has 0 spiro atoms. The highest BCUT2D eigenvalue weighted by molar-refractivity contribution is 6.31. The summed E-state index contributed by atoms with van der Waals surface area (Å²) in [5, 5.41) is 30.0. The zero-order valence-electron chi connectivity index (χ0n) is 26.3. The molecule has 15 heteroatoms. The lowest BCUT2D eigenvalue weighted by Crippen LogP contribution is -2.18. The first-order valence-electron chi connectivity index (χ1n) is 15.2. The lowest BCUT2D eigenvalue weighted by molar-refractivity contribution is -0.497. The van der Waals surface area contributed by atoms with Gasteiger partial charge in [-0.25, -0.2) is 14.6 Å². The molecule has 0 fully saturated rings. The number of rotatable bonds is 15. The molecule has 2 N–H and O–H groups in total. The number of carbonyl (C=O) groups is 2. The first-order chi connectivity index (χ1) is 23.2. The number of carbonyl (C=O) groups excluding carboxylic acids is 2. The normalized spacial score (nSPS) is 11.9. The molecule has 0 aliphatic heterocycles. The summed E-state index contributed by atoms with van der Waals surface area (Å²) in [5.41, 5.74) is 5.15. The van der Waals surface area contributed by atoms with Crippen LogP contribution in [0.4, 0.5) is 4.79 Å². The summed E-state index contributed by atoms with van der Waals surface area (Å²) in [5.74, 6) is 1.13. The molecule has 0 aliphatic carbocycles. The molecule has 2 heterocycles. The second kappa shape index (κ2) is 16.2. The van der Waals surface area contributed by atoms with Crippen molar-refractivity contribution in [3.05, 3.63) is 106 Å². The second-order valence-corrected chi connectivity index (χ2v) is 11.1. The van der Waals surface area contributed by atoms with Gasteiger partial charge in [0.15, 0.2) is 11.4 Å². The molecule has 3 aromatic carbocycles. The predicted molar refractivity (Wildman–Crippen MR) is 172 cm³/mol. The van der Waals surface area contributed by atoms with E-state index in [-0.39, 0.29) is 23.8 Å². The van der Waals surface area contributed by atoms with Crippen LogP contribution in [-0.2, 0) is 40.5 Å². The molecule has 0 amide bonds. The number of halogens is 1. The largest absolute Gasteiger partial charge is 0.510 e. The quantitative estimate of drug-likeness (QED) is 0.0709. The Morgan fingerprint density at radius 3 is 2.44 bits per heavy atom. The van der Waals surface area contributed by atoms with Crippen molar-refractivity contribution in [3.8, 4) is 22.5 Å². The standard InChI is InChI=1S/C33H34ClN7O7/c1-3-4-12-30-35-31(34)29(19-42)39(30)18-23-13-15-26(16-14-23)27-10-5-6-11-28(27)32-36-38-40(37-32)22(2)48-33(43)46-20-24-8-7-9-25(17-24)21-47-41(44)45/h5-11,13-17,19,22,44-45H,3-4,12,18,20-21H2,1-2H3. The Balaban J connectivity index is 1.24. The zero-order chi connectivity index (χ0) is 34.0. The van der Waals surface area contributed by atoms with E-state index in [1.807, 2.05) is 53.1 Å². The van der Waals surface area contributed by atoms with E-state index in [0.29, 0.717) is 29.2 Å². The van der Waals surface area contributed by atoms with Crippen molar-refractivity contribution in [1.82, 2.24) is 35.1 Å². The van der Waals surface area contributed by atoms with Crippen molar-refractivity contribution in [2.24, 2.45) is 0 Å². The van der Waals surface area contributed by atoms with Gasteiger partial charge in [-0.2, -0.15) is 0 Å². The van der Waals surface area contributed by atoms with E-state index in [2.05, 4.69) is 32.2 Å². The van der Waals surface area contributed by atoms with E-state index in [9.17, 15) is 9.59 Å². The third-order valence-corrected chi connectivity index (χ3v) is 7.67. The van der Waals surface area contributed by atoms with Gasteiger partial charge in [-0.3, -0.25) is 15.2 Å². The Morgan fingerprint density at radius 1 is 1.00 bits per heavy atom. The van der Waals surface area contributed by atoms with Crippen LogP contribution in [0.3, 0.4) is 0 Å². The summed E-state index contributed by atoms with van der Waals surface area (Å²) in [6, 6.07) is 22.4. The first kappa shape index (κ1) is 34.3.